The molecule has 0 aliphatic heterocycles. The molecule has 0 saturated heterocycles. The first-order valence-corrected chi connectivity index (χ1v) is 10.1. The molecule has 0 radical (unpaired) electrons. The second-order valence-electron chi connectivity index (χ2n) is 7.46. The molecule has 34 heavy (non-hydrogen) atoms. The first-order valence-electron chi connectivity index (χ1n) is 10.1. The molecule has 0 fully saturated rings. The van der Waals surface area contributed by atoms with Gasteiger partial charge in [-0.25, -0.2) is 18.0 Å². The van der Waals surface area contributed by atoms with Gasteiger partial charge < -0.3 is 21.1 Å². The van der Waals surface area contributed by atoms with Crippen LogP contribution in [0.25, 0.3) is 0 Å². The summed E-state index contributed by atoms with van der Waals surface area (Å²) in [5.41, 5.74) is 5.36. The third-order valence-corrected chi connectivity index (χ3v) is 4.54. The van der Waals surface area contributed by atoms with E-state index in [-0.39, 0.29) is 17.7 Å². The van der Waals surface area contributed by atoms with Crippen LogP contribution >= 0.6 is 0 Å². The third kappa shape index (κ3) is 6.18. The van der Waals surface area contributed by atoms with Gasteiger partial charge in [0, 0.05) is 5.69 Å². The van der Waals surface area contributed by atoms with Crippen molar-refractivity contribution in [1.29, 1.82) is 0 Å². The fourth-order valence-corrected chi connectivity index (χ4v) is 2.87. The van der Waals surface area contributed by atoms with Crippen LogP contribution < -0.4 is 16.4 Å². The molecule has 0 saturated carbocycles. The first kappa shape index (κ1) is 24.4. The molecule has 1 atom stereocenters. The zero-order chi connectivity index (χ0) is 24.8. The van der Waals surface area contributed by atoms with Crippen LogP contribution in [0.15, 0.2) is 42.5 Å². The number of amides is 1. The van der Waals surface area contributed by atoms with Gasteiger partial charge in [0.05, 0.1) is 0 Å². The van der Waals surface area contributed by atoms with E-state index in [9.17, 15) is 22.8 Å². The summed E-state index contributed by atoms with van der Waals surface area (Å²) < 4.78 is 46.1. The Hall–Kier alpha value is -4.22. The standard InChI is InChI=1S/C22H21F3N6O3/c1-11(2)18(30-19(32)17-14(24)4-3-5-15(17)25)20(33)34-10-16-28-21(26)31-22(29-16)27-13-8-6-12(23)7-9-13/h3-9,11,18H,10H2,1-2H3,(H,30,32)(H3,26,27,28,29,31)/t18-/m0/s1. The number of rotatable bonds is 8. The molecule has 1 amide bonds. The van der Waals surface area contributed by atoms with Crippen LogP contribution in [0, 0.1) is 23.4 Å². The Bertz CT molecular complexity index is 1170. The summed E-state index contributed by atoms with van der Waals surface area (Å²) in [5, 5.41) is 5.11. The number of hydrogen-bond acceptors (Lipinski definition) is 8. The van der Waals surface area contributed by atoms with E-state index in [2.05, 4.69) is 25.6 Å². The van der Waals surface area contributed by atoms with Crippen LogP contribution in [0.5, 0.6) is 0 Å². The van der Waals surface area contributed by atoms with Gasteiger partial charge in [0.15, 0.2) is 12.4 Å². The molecule has 178 valence electrons. The molecule has 4 N–H and O–H groups in total. The maximum atomic E-state index is 13.9. The second-order valence-corrected chi connectivity index (χ2v) is 7.46. The van der Waals surface area contributed by atoms with E-state index in [1.54, 1.807) is 13.8 Å². The molecule has 3 aromatic rings. The number of hydrogen-bond donors (Lipinski definition) is 3. The summed E-state index contributed by atoms with van der Waals surface area (Å²) in [6.45, 7) is 2.82. The third-order valence-electron chi connectivity index (χ3n) is 4.54. The minimum Gasteiger partial charge on any atom is -0.456 e. The van der Waals surface area contributed by atoms with Crippen molar-refractivity contribution in [3.8, 4) is 0 Å². The quantitative estimate of drug-likeness (QED) is 0.425. The maximum absolute atomic E-state index is 13.9. The van der Waals surface area contributed by atoms with Crippen molar-refractivity contribution in [1.82, 2.24) is 20.3 Å². The highest BCUT2D eigenvalue weighted by molar-refractivity contribution is 5.97. The molecule has 12 heteroatoms. The molecule has 9 nitrogen and oxygen atoms in total. The highest BCUT2D eigenvalue weighted by Crippen LogP contribution is 2.16. The minimum atomic E-state index is -1.21. The monoisotopic (exact) mass is 474 g/mol. The molecule has 2 aromatic carbocycles. The van der Waals surface area contributed by atoms with Crippen LogP contribution in [0.2, 0.25) is 0 Å². The van der Waals surface area contributed by atoms with Crippen molar-refractivity contribution in [3.05, 3.63) is 71.3 Å². The van der Waals surface area contributed by atoms with Crippen molar-refractivity contribution in [2.24, 2.45) is 5.92 Å². The summed E-state index contributed by atoms with van der Waals surface area (Å²) in [5.74, 6) is -5.09. The van der Waals surface area contributed by atoms with Gasteiger partial charge in [-0.1, -0.05) is 19.9 Å². The van der Waals surface area contributed by atoms with Crippen LogP contribution in [-0.2, 0) is 16.1 Å². The van der Waals surface area contributed by atoms with Gasteiger partial charge in [0.2, 0.25) is 11.9 Å². The molecule has 0 aliphatic rings. The molecule has 0 aliphatic carbocycles. The van der Waals surface area contributed by atoms with E-state index < -0.39 is 53.5 Å². The summed E-state index contributed by atoms with van der Waals surface area (Å²) in [6.07, 6.45) is 0. The van der Waals surface area contributed by atoms with Crippen molar-refractivity contribution >= 4 is 29.5 Å². The van der Waals surface area contributed by atoms with Gasteiger partial charge in [-0.3, -0.25) is 4.79 Å². The first-order chi connectivity index (χ1) is 16.1. The SMILES string of the molecule is CC(C)[C@H](NC(=O)c1c(F)cccc1F)C(=O)OCc1nc(N)nc(Nc2ccc(F)cc2)n1. The molecular formula is C22H21F3N6O3. The summed E-state index contributed by atoms with van der Waals surface area (Å²) in [6, 6.07) is 7.18. The number of nitrogen functional groups attached to an aromatic ring is 1. The zero-order valence-corrected chi connectivity index (χ0v) is 18.2. The van der Waals surface area contributed by atoms with E-state index in [4.69, 9.17) is 10.5 Å². The number of aromatic nitrogens is 3. The van der Waals surface area contributed by atoms with Gasteiger partial charge in [-0.2, -0.15) is 15.0 Å². The maximum Gasteiger partial charge on any atom is 0.329 e. The number of ether oxygens (including phenoxy) is 1. The van der Waals surface area contributed by atoms with E-state index in [0.717, 1.165) is 18.2 Å². The number of nitrogens with zero attached hydrogens (tertiary/aromatic N) is 3. The minimum absolute atomic E-state index is 0.000516. The zero-order valence-electron chi connectivity index (χ0n) is 18.2. The Labute approximate surface area is 192 Å². The van der Waals surface area contributed by atoms with E-state index in [0.29, 0.717) is 5.69 Å². The normalized spacial score (nSPS) is 11.7. The predicted molar refractivity (Wildman–Crippen MR) is 116 cm³/mol. The largest absolute Gasteiger partial charge is 0.456 e. The Kier molecular flexibility index (Phi) is 7.61. The lowest BCUT2D eigenvalue weighted by atomic mass is 10.0. The Morgan fingerprint density at radius 1 is 1.00 bits per heavy atom. The van der Waals surface area contributed by atoms with Gasteiger partial charge in [0.1, 0.15) is 29.1 Å². The summed E-state index contributed by atoms with van der Waals surface area (Å²) in [7, 11) is 0. The Morgan fingerprint density at radius 2 is 1.65 bits per heavy atom. The van der Waals surface area contributed by atoms with E-state index in [1.807, 2.05) is 0 Å². The fraction of sp³-hybridized carbons (Fsp3) is 0.227. The van der Waals surface area contributed by atoms with Crippen LogP contribution in [0.1, 0.15) is 30.0 Å². The summed E-state index contributed by atoms with van der Waals surface area (Å²) >= 11 is 0. The highest BCUT2D eigenvalue weighted by atomic mass is 19.1. The molecule has 1 aromatic heterocycles. The molecule has 0 bridgehead atoms. The number of nitrogens with two attached hydrogens (primary N) is 1. The average molecular weight is 474 g/mol. The lowest BCUT2D eigenvalue weighted by molar-refractivity contribution is -0.148. The second kappa shape index (κ2) is 10.6. The van der Waals surface area contributed by atoms with Crippen molar-refractivity contribution < 1.29 is 27.5 Å². The topological polar surface area (TPSA) is 132 Å². The van der Waals surface area contributed by atoms with Crippen molar-refractivity contribution in [3.63, 3.8) is 0 Å². The Balaban J connectivity index is 1.68. The van der Waals surface area contributed by atoms with Crippen molar-refractivity contribution in [2.75, 3.05) is 11.1 Å². The summed E-state index contributed by atoms with van der Waals surface area (Å²) in [4.78, 5) is 36.9. The fourth-order valence-electron chi connectivity index (χ4n) is 2.87. The lowest BCUT2D eigenvalue weighted by Crippen LogP contribution is -2.45. The smallest absolute Gasteiger partial charge is 0.329 e. The molecule has 3 rings (SSSR count). The number of benzene rings is 2. The molecular weight excluding hydrogens is 453 g/mol. The van der Waals surface area contributed by atoms with Crippen LogP contribution in [0.3, 0.4) is 0 Å². The average Bonchev–Trinajstić information content (AvgIpc) is 2.77. The van der Waals surface area contributed by atoms with Gasteiger partial charge >= 0.3 is 5.97 Å². The van der Waals surface area contributed by atoms with E-state index in [1.165, 1.54) is 24.3 Å². The van der Waals surface area contributed by atoms with Gasteiger partial charge in [0.25, 0.3) is 5.91 Å². The number of carbonyl (C=O) groups is 2. The predicted octanol–water partition coefficient (Wildman–Crippen LogP) is 3.11. The molecule has 0 unspecified atom stereocenters. The lowest BCUT2D eigenvalue weighted by Gasteiger charge is -2.21. The van der Waals surface area contributed by atoms with Gasteiger partial charge in [-0.15, -0.1) is 0 Å². The van der Waals surface area contributed by atoms with Crippen molar-refractivity contribution in [2.45, 2.75) is 26.5 Å². The molecule has 1 heterocycles. The van der Waals surface area contributed by atoms with E-state index >= 15 is 0 Å². The van der Waals surface area contributed by atoms with Crippen LogP contribution in [0.4, 0.5) is 30.8 Å². The van der Waals surface area contributed by atoms with Crippen LogP contribution in [-0.4, -0.2) is 32.9 Å². The van der Waals surface area contributed by atoms with Gasteiger partial charge in [-0.05, 0) is 42.3 Å². The number of carbonyl (C=O) groups excluding carboxylic acids is 2. The molecule has 0 spiro atoms. The number of nitrogens with one attached hydrogen (secondary N) is 2. The highest BCUT2D eigenvalue weighted by Gasteiger charge is 2.28. The number of anilines is 3. The number of esters is 1. The Morgan fingerprint density at radius 3 is 2.26 bits per heavy atom. The number of halogens is 3.